The number of ether oxygens (including phenoxy) is 1. The molecule has 5 heteroatoms. The van der Waals surface area contributed by atoms with Crippen molar-refractivity contribution in [3.63, 3.8) is 0 Å². The molecule has 1 atom stereocenters. The van der Waals surface area contributed by atoms with E-state index in [-0.39, 0.29) is 11.9 Å². The first-order valence-corrected chi connectivity index (χ1v) is 9.58. The van der Waals surface area contributed by atoms with E-state index in [9.17, 15) is 4.79 Å². The van der Waals surface area contributed by atoms with E-state index < -0.39 is 0 Å². The molecule has 3 heterocycles. The number of hydrogen-bond donors (Lipinski definition) is 0. The van der Waals surface area contributed by atoms with Crippen LogP contribution in [0.3, 0.4) is 0 Å². The summed E-state index contributed by atoms with van der Waals surface area (Å²) >= 11 is 0. The van der Waals surface area contributed by atoms with Crippen LogP contribution in [0.2, 0.25) is 0 Å². The lowest BCUT2D eigenvalue weighted by Gasteiger charge is -2.36. The highest BCUT2D eigenvalue weighted by Crippen LogP contribution is 2.31. The summed E-state index contributed by atoms with van der Waals surface area (Å²) in [6.45, 7) is 1.52. The Kier molecular flexibility index (Phi) is 5.10. The van der Waals surface area contributed by atoms with Gasteiger partial charge in [0.25, 0.3) is 0 Å². The molecule has 3 aromatic rings. The molecule has 2 aromatic heterocycles. The number of benzene rings is 1. The first-order chi connectivity index (χ1) is 13.3. The molecule has 0 spiro atoms. The van der Waals surface area contributed by atoms with Gasteiger partial charge in [0.2, 0.25) is 5.91 Å². The molecule has 1 aromatic carbocycles. The maximum atomic E-state index is 13.0. The number of likely N-dealkylation sites (tertiary alicyclic amines) is 1. The number of fused-ring (bicyclic) bond motifs is 1. The van der Waals surface area contributed by atoms with E-state index in [1.54, 1.807) is 13.3 Å². The number of aromatic nitrogens is 2. The topological polar surface area (TPSA) is 47.4 Å². The Morgan fingerprint density at radius 2 is 2.19 bits per heavy atom. The molecular formula is C22H25N3O2. The lowest BCUT2D eigenvalue weighted by molar-refractivity contribution is -0.135. The fourth-order valence-electron chi connectivity index (χ4n) is 4.01. The Morgan fingerprint density at radius 3 is 3.00 bits per heavy atom. The van der Waals surface area contributed by atoms with Crippen LogP contribution in [0.15, 0.2) is 55.0 Å². The molecule has 140 valence electrons. The third-order valence-corrected chi connectivity index (χ3v) is 5.44. The third kappa shape index (κ3) is 3.68. The number of carbonyl (C=O) groups is 1. The molecule has 4 rings (SSSR count). The number of pyridine rings is 1. The molecule has 0 radical (unpaired) electrons. The molecular weight excluding hydrogens is 338 g/mol. The Balaban J connectivity index is 1.47. The second-order valence-corrected chi connectivity index (χ2v) is 7.07. The van der Waals surface area contributed by atoms with Crippen molar-refractivity contribution in [1.29, 1.82) is 0 Å². The maximum absolute atomic E-state index is 13.0. The Bertz CT molecular complexity index is 920. The fourth-order valence-corrected chi connectivity index (χ4v) is 4.01. The Morgan fingerprint density at radius 1 is 1.26 bits per heavy atom. The molecule has 1 saturated heterocycles. The predicted molar refractivity (Wildman–Crippen MR) is 106 cm³/mol. The van der Waals surface area contributed by atoms with E-state index in [1.165, 1.54) is 0 Å². The van der Waals surface area contributed by atoms with Crippen molar-refractivity contribution in [3.05, 3.63) is 60.6 Å². The van der Waals surface area contributed by atoms with Crippen LogP contribution in [0.1, 0.15) is 37.3 Å². The smallest absolute Gasteiger partial charge is 0.224 e. The molecule has 1 amide bonds. The molecule has 1 fully saturated rings. The van der Waals surface area contributed by atoms with Crippen molar-refractivity contribution in [1.82, 2.24) is 14.5 Å². The molecule has 0 N–H and O–H groups in total. The summed E-state index contributed by atoms with van der Waals surface area (Å²) in [5.74, 6) is 1.07. The first-order valence-electron chi connectivity index (χ1n) is 9.58. The monoisotopic (exact) mass is 363 g/mol. The molecule has 0 aliphatic carbocycles. The van der Waals surface area contributed by atoms with E-state index >= 15 is 0 Å². The average Bonchev–Trinajstić information content (AvgIpc) is 3.14. The van der Waals surface area contributed by atoms with Crippen LogP contribution in [0, 0.1) is 0 Å². The lowest BCUT2D eigenvalue weighted by Crippen LogP contribution is -2.38. The maximum Gasteiger partial charge on any atom is 0.224 e. The number of hydrogen-bond acceptors (Lipinski definition) is 3. The van der Waals surface area contributed by atoms with Crippen molar-refractivity contribution in [2.24, 2.45) is 0 Å². The highest BCUT2D eigenvalue weighted by Gasteiger charge is 2.27. The van der Waals surface area contributed by atoms with Gasteiger partial charge < -0.3 is 14.2 Å². The number of amides is 1. The van der Waals surface area contributed by atoms with Gasteiger partial charge in [-0.25, -0.2) is 0 Å². The predicted octanol–water partition coefficient (Wildman–Crippen LogP) is 4.19. The summed E-state index contributed by atoms with van der Waals surface area (Å²) < 4.78 is 7.44. The van der Waals surface area contributed by atoms with Crippen molar-refractivity contribution in [2.45, 2.75) is 38.3 Å². The zero-order chi connectivity index (χ0) is 18.6. The highest BCUT2D eigenvalue weighted by molar-refractivity contribution is 5.82. The van der Waals surface area contributed by atoms with Gasteiger partial charge in [-0.05, 0) is 55.2 Å². The van der Waals surface area contributed by atoms with Crippen molar-refractivity contribution in [3.8, 4) is 5.75 Å². The SMILES string of the molecule is COc1ccc2c(ccn2CCC(=O)N2CCCCC2c2cccnc2)c1. The number of aryl methyl sites for hydroxylation is 1. The Hall–Kier alpha value is -2.82. The Labute approximate surface area is 159 Å². The highest BCUT2D eigenvalue weighted by atomic mass is 16.5. The summed E-state index contributed by atoms with van der Waals surface area (Å²) in [6.07, 6.45) is 9.48. The molecule has 27 heavy (non-hydrogen) atoms. The van der Waals surface area contributed by atoms with Crippen LogP contribution in [0.4, 0.5) is 0 Å². The zero-order valence-electron chi connectivity index (χ0n) is 15.7. The second kappa shape index (κ2) is 7.82. The van der Waals surface area contributed by atoms with E-state index in [0.29, 0.717) is 13.0 Å². The third-order valence-electron chi connectivity index (χ3n) is 5.44. The number of rotatable bonds is 5. The van der Waals surface area contributed by atoms with Gasteiger partial charge in [-0.1, -0.05) is 6.07 Å². The fraction of sp³-hybridized carbons (Fsp3) is 0.364. The van der Waals surface area contributed by atoms with Gasteiger partial charge in [-0.3, -0.25) is 9.78 Å². The summed E-state index contributed by atoms with van der Waals surface area (Å²) in [7, 11) is 1.67. The molecule has 0 bridgehead atoms. The summed E-state index contributed by atoms with van der Waals surface area (Å²) in [4.78, 5) is 19.3. The zero-order valence-corrected chi connectivity index (χ0v) is 15.7. The van der Waals surface area contributed by atoms with Crippen LogP contribution in [0.25, 0.3) is 10.9 Å². The summed E-state index contributed by atoms with van der Waals surface area (Å²) in [5.41, 5.74) is 2.27. The van der Waals surface area contributed by atoms with E-state index in [2.05, 4.69) is 32.7 Å². The minimum absolute atomic E-state index is 0.158. The van der Waals surface area contributed by atoms with Crippen LogP contribution >= 0.6 is 0 Å². The minimum Gasteiger partial charge on any atom is -0.497 e. The van der Waals surface area contributed by atoms with Crippen LogP contribution in [-0.4, -0.2) is 34.0 Å². The largest absolute Gasteiger partial charge is 0.497 e. The second-order valence-electron chi connectivity index (χ2n) is 7.07. The van der Waals surface area contributed by atoms with Crippen molar-refractivity contribution in [2.75, 3.05) is 13.7 Å². The molecule has 1 aliphatic rings. The lowest BCUT2D eigenvalue weighted by atomic mass is 9.96. The van der Waals surface area contributed by atoms with Crippen LogP contribution in [-0.2, 0) is 11.3 Å². The quantitative estimate of drug-likeness (QED) is 0.683. The van der Waals surface area contributed by atoms with Gasteiger partial charge in [-0.2, -0.15) is 0 Å². The van der Waals surface area contributed by atoms with Crippen LogP contribution < -0.4 is 4.74 Å². The van der Waals surface area contributed by atoms with Crippen LogP contribution in [0.5, 0.6) is 5.75 Å². The summed E-state index contributed by atoms with van der Waals surface area (Å²) in [6, 6.07) is 12.3. The van der Waals surface area contributed by atoms with Gasteiger partial charge in [0.15, 0.2) is 0 Å². The number of methoxy groups -OCH3 is 1. The number of carbonyl (C=O) groups excluding carboxylic acids is 1. The van der Waals surface area contributed by atoms with E-state index in [1.807, 2.05) is 30.6 Å². The number of piperidine rings is 1. The van der Waals surface area contributed by atoms with Gasteiger partial charge in [-0.15, -0.1) is 0 Å². The molecule has 0 saturated carbocycles. The van der Waals surface area contributed by atoms with E-state index in [0.717, 1.165) is 48.0 Å². The van der Waals surface area contributed by atoms with Gasteiger partial charge >= 0.3 is 0 Å². The van der Waals surface area contributed by atoms with Crippen molar-refractivity contribution < 1.29 is 9.53 Å². The van der Waals surface area contributed by atoms with E-state index in [4.69, 9.17) is 4.74 Å². The normalized spacial score (nSPS) is 17.2. The molecule has 1 unspecified atom stereocenters. The van der Waals surface area contributed by atoms with Crippen molar-refractivity contribution >= 4 is 16.8 Å². The van der Waals surface area contributed by atoms with Gasteiger partial charge in [0.1, 0.15) is 5.75 Å². The van der Waals surface area contributed by atoms with Gasteiger partial charge in [0, 0.05) is 49.0 Å². The number of nitrogens with zero attached hydrogens (tertiary/aromatic N) is 3. The summed E-state index contributed by atoms with van der Waals surface area (Å²) in [5, 5.41) is 1.13. The first kappa shape index (κ1) is 17.6. The minimum atomic E-state index is 0.158. The molecule has 1 aliphatic heterocycles. The molecule has 5 nitrogen and oxygen atoms in total. The average molecular weight is 363 g/mol. The standard InChI is InChI=1S/C22H25N3O2/c1-27-19-7-8-20-17(15-19)9-13-24(20)14-10-22(26)25-12-3-2-6-21(25)18-5-4-11-23-16-18/h4-5,7-9,11,13,15-16,21H,2-3,6,10,12,14H2,1H3. The van der Waals surface area contributed by atoms with Gasteiger partial charge in [0.05, 0.1) is 13.2 Å².